The van der Waals surface area contributed by atoms with Crippen molar-refractivity contribution in [3.63, 3.8) is 0 Å². The fourth-order valence-corrected chi connectivity index (χ4v) is 4.75. The Kier molecular flexibility index (Phi) is 5.24. The summed E-state index contributed by atoms with van der Waals surface area (Å²) in [5.41, 5.74) is 0. The molecule has 2 unspecified atom stereocenters. The molecule has 2 aromatic heterocycles. The molecule has 0 N–H and O–H groups in total. The highest BCUT2D eigenvalue weighted by molar-refractivity contribution is 7.10. The fourth-order valence-electron chi connectivity index (χ4n) is 4.05. The van der Waals surface area contributed by atoms with E-state index in [2.05, 4.69) is 10.1 Å². The second-order valence-electron chi connectivity index (χ2n) is 7.30. The highest BCUT2D eigenvalue weighted by Gasteiger charge is 2.38. The zero-order valence-electron chi connectivity index (χ0n) is 15.5. The van der Waals surface area contributed by atoms with E-state index in [1.807, 2.05) is 22.4 Å². The van der Waals surface area contributed by atoms with E-state index in [-0.39, 0.29) is 23.8 Å². The fraction of sp³-hybridized carbons (Fsp3) is 0.579. The van der Waals surface area contributed by atoms with Crippen molar-refractivity contribution >= 4 is 23.2 Å². The maximum Gasteiger partial charge on any atom is 0.245 e. The van der Waals surface area contributed by atoms with Gasteiger partial charge < -0.3 is 14.3 Å². The molecule has 0 spiro atoms. The molecule has 2 aromatic rings. The molecule has 7 nitrogen and oxygen atoms in total. The second kappa shape index (κ2) is 7.80. The van der Waals surface area contributed by atoms with Gasteiger partial charge in [0.2, 0.25) is 17.7 Å². The van der Waals surface area contributed by atoms with Crippen molar-refractivity contribution in [2.75, 3.05) is 19.6 Å². The number of likely N-dealkylation sites (tertiary alicyclic amines) is 2. The van der Waals surface area contributed by atoms with Crippen LogP contribution in [0.5, 0.6) is 0 Å². The quantitative estimate of drug-likeness (QED) is 0.803. The lowest BCUT2D eigenvalue weighted by Crippen LogP contribution is -2.50. The van der Waals surface area contributed by atoms with Crippen LogP contribution in [0.3, 0.4) is 0 Å². The maximum atomic E-state index is 13.2. The van der Waals surface area contributed by atoms with E-state index in [4.69, 9.17) is 4.52 Å². The van der Waals surface area contributed by atoms with Gasteiger partial charge in [-0.1, -0.05) is 11.2 Å². The Morgan fingerprint density at radius 1 is 1.30 bits per heavy atom. The topological polar surface area (TPSA) is 79.5 Å². The Morgan fingerprint density at radius 3 is 2.89 bits per heavy atom. The summed E-state index contributed by atoms with van der Waals surface area (Å²) in [6.07, 6.45) is 3.86. The predicted molar refractivity (Wildman–Crippen MR) is 100 cm³/mol. The van der Waals surface area contributed by atoms with Crippen LogP contribution in [-0.2, 0) is 16.0 Å². The van der Waals surface area contributed by atoms with E-state index in [9.17, 15) is 9.59 Å². The Bertz CT molecular complexity index is 804. The number of carbonyl (C=O) groups excluding carboxylic acids is 2. The molecule has 2 saturated heterocycles. The van der Waals surface area contributed by atoms with Gasteiger partial charge in [0.25, 0.3) is 0 Å². The van der Waals surface area contributed by atoms with Gasteiger partial charge in [0.05, 0.1) is 12.3 Å². The summed E-state index contributed by atoms with van der Waals surface area (Å²) in [4.78, 5) is 34.9. The Labute approximate surface area is 162 Å². The number of nitrogens with zero attached hydrogens (tertiary/aromatic N) is 4. The lowest BCUT2D eigenvalue weighted by Gasteiger charge is -2.35. The average molecular weight is 388 g/mol. The molecule has 2 atom stereocenters. The molecule has 2 aliphatic heterocycles. The number of thiophene rings is 1. The van der Waals surface area contributed by atoms with Gasteiger partial charge in [-0.3, -0.25) is 9.59 Å². The van der Waals surface area contributed by atoms with Crippen LogP contribution in [0.15, 0.2) is 22.0 Å². The summed E-state index contributed by atoms with van der Waals surface area (Å²) in [5.74, 6) is 1.43. The molecular formula is C19H24N4O3S. The summed E-state index contributed by atoms with van der Waals surface area (Å²) < 4.78 is 5.31. The smallest absolute Gasteiger partial charge is 0.245 e. The van der Waals surface area contributed by atoms with Crippen molar-refractivity contribution in [3.05, 3.63) is 34.1 Å². The molecule has 0 radical (unpaired) electrons. The van der Waals surface area contributed by atoms with Crippen LogP contribution in [0.1, 0.15) is 48.2 Å². The predicted octanol–water partition coefficient (Wildman–Crippen LogP) is 2.38. The summed E-state index contributed by atoms with van der Waals surface area (Å²) >= 11 is 1.58. The van der Waals surface area contributed by atoms with E-state index in [1.165, 1.54) is 0 Å². The van der Waals surface area contributed by atoms with Crippen LogP contribution in [0.25, 0.3) is 0 Å². The number of aromatic nitrogens is 2. The molecule has 0 bridgehead atoms. The molecule has 27 heavy (non-hydrogen) atoms. The summed E-state index contributed by atoms with van der Waals surface area (Å²) in [5, 5.41) is 5.84. The van der Waals surface area contributed by atoms with Gasteiger partial charge in [-0.05, 0) is 44.1 Å². The number of amides is 2. The van der Waals surface area contributed by atoms with Crippen LogP contribution in [0, 0.1) is 6.92 Å². The Morgan fingerprint density at radius 2 is 2.15 bits per heavy atom. The van der Waals surface area contributed by atoms with Gasteiger partial charge >= 0.3 is 0 Å². The highest BCUT2D eigenvalue weighted by Crippen LogP contribution is 2.28. The van der Waals surface area contributed by atoms with Crippen LogP contribution in [0.2, 0.25) is 0 Å². The van der Waals surface area contributed by atoms with E-state index in [0.29, 0.717) is 31.2 Å². The van der Waals surface area contributed by atoms with Crippen LogP contribution in [-0.4, -0.2) is 57.4 Å². The number of hydrogen-bond acceptors (Lipinski definition) is 6. The number of hydrogen-bond donors (Lipinski definition) is 0. The lowest BCUT2D eigenvalue weighted by molar-refractivity contribution is -0.144. The number of aryl methyl sites for hydroxylation is 1. The third-order valence-corrected chi connectivity index (χ3v) is 6.27. The minimum absolute atomic E-state index is 0.0504. The SMILES string of the molecule is Cc1noc(C2CCCN(C(=O)C3CCCN3C(=O)Cc3cccs3)C2)n1. The first kappa shape index (κ1) is 18.2. The van der Waals surface area contributed by atoms with Gasteiger partial charge in [0.1, 0.15) is 6.04 Å². The van der Waals surface area contributed by atoms with Gasteiger partial charge in [-0.15, -0.1) is 11.3 Å². The first-order valence-electron chi connectivity index (χ1n) is 9.52. The molecule has 2 fully saturated rings. The van der Waals surface area contributed by atoms with Crippen LogP contribution < -0.4 is 0 Å². The Balaban J connectivity index is 1.42. The van der Waals surface area contributed by atoms with Crippen molar-refractivity contribution < 1.29 is 14.1 Å². The molecule has 8 heteroatoms. The molecule has 4 heterocycles. The van der Waals surface area contributed by atoms with Gasteiger partial charge in [-0.2, -0.15) is 4.98 Å². The average Bonchev–Trinajstić information content (AvgIpc) is 3.42. The van der Waals surface area contributed by atoms with E-state index < -0.39 is 0 Å². The third kappa shape index (κ3) is 3.90. The number of piperidine rings is 1. The van der Waals surface area contributed by atoms with Gasteiger partial charge in [0.15, 0.2) is 5.82 Å². The molecule has 2 amide bonds. The van der Waals surface area contributed by atoms with Crippen LogP contribution >= 0.6 is 11.3 Å². The first-order chi connectivity index (χ1) is 13.1. The number of carbonyl (C=O) groups is 2. The molecule has 144 valence electrons. The summed E-state index contributed by atoms with van der Waals surface area (Å²) in [6, 6.07) is 3.59. The number of rotatable bonds is 4. The molecule has 4 rings (SSSR count). The zero-order valence-corrected chi connectivity index (χ0v) is 16.3. The van der Waals surface area contributed by atoms with E-state index in [0.717, 1.165) is 37.1 Å². The Hall–Kier alpha value is -2.22. The molecule has 2 aliphatic rings. The first-order valence-corrected chi connectivity index (χ1v) is 10.4. The van der Waals surface area contributed by atoms with Crippen molar-refractivity contribution in [1.29, 1.82) is 0 Å². The third-order valence-electron chi connectivity index (χ3n) is 5.39. The second-order valence-corrected chi connectivity index (χ2v) is 8.34. The molecule has 0 saturated carbocycles. The van der Waals surface area contributed by atoms with Crippen molar-refractivity contribution in [2.24, 2.45) is 0 Å². The molecule has 0 aliphatic carbocycles. The van der Waals surface area contributed by atoms with E-state index >= 15 is 0 Å². The van der Waals surface area contributed by atoms with Gasteiger partial charge in [-0.25, -0.2) is 0 Å². The maximum absolute atomic E-state index is 13.2. The van der Waals surface area contributed by atoms with Gasteiger partial charge in [0, 0.05) is 24.5 Å². The van der Waals surface area contributed by atoms with Crippen molar-refractivity contribution in [2.45, 2.75) is 51.0 Å². The summed E-state index contributed by atoms with van der Waals surface area (Å²) in [6.45, 7) is 3.78. The largest absolute Gasteiger partial charge is 0.340 e. The molecular weight excluding hydrogens is 364 g/mol. The van der Waals surface area contributed by atoms with Crippen LogP contribution in [0.4, 0.5) is 0 Å². The van der Waals surface area contributed by atoms with Crippen molar-refractivity contribution in [3.8, 4) is 0 Å². The zero-order chi connectivity index (χ0) is 18.8. The minimum Gasteiger partial charge on any atom is -0.340 e. The van der Waals surface area contributed by atoms with E-state index in [1.54, 1.807) is 23.2 Å². The minimum atomic E-state index is -0.333. The highest BCUT2D eigenvalue weighted by atomic mass is 32.1. The monoisotopic (exact) mass is 388 g/mol. The molecule has 0 aromatic carbocycles. The summed E-state index contributed by atoms with van der Waals surface area (Å²) in [7, 11) is 0. The normalized spacial score (nSPS) is 23.0. The lowest BCUT2D eigenvalue weighted by atomic mass is 9.97. The van der Waals surface area contributed by atoms with Crippen molar-refractivity contribution in [1.82, 2.24) is 19.9 Å². The standard InChI is InChI=1S/C19H24N4O3S/c1-13-20-18(26-21-13)14-5-2-8-22(12-14)19(25)16-7-3-9-23(16)17(24)11-15-6-4-10-27-15/h4,6,10,14,16H,2-3,5,7-9,11-12H2,1H3.